The van der Waals surface area contributed by atoms with Crippen LogP contribution in [0.1, 0.15) is 59.1 Å². The zero-order valence-electron chi connectivity index (χ0n) is 21.6. The Morgan fingerprint density at radius 3 is 1.75 bits per heavy atom. The molecule has 9 heteroatoms. The molecule has 0 aliphatic carbocycles. The molecule has 2 aromatic carbocycles. The van der Waals surface area contributed by atoms with E-state index >= 15 is 0 Å². The van der Waals surface area contributed by atoms with E-state index in [1.54, 1.807) is 41.5 Å². The van der Waals surface area contributed by atoms with Gasteiger partial charge in [0.05, 0.1) is 6.04 Å². The number of amides is 1. The summed E-state index contributed by atoms with van der Waals surface area (Å²) in [6.07, 6.45) is -0.790. The van der Waals surface area contributed by atoms with E-state index in [0.717, 1.165) is 11.1 Å². The van der Waals surface area contributed by atoms with Crippen LogP contribution in [0.25, 0.3) is 0 Å². The second-order valence-electron chi connectivity index (χ2n) is 11.4. The van der Waals surface area contributed by atoms with Crippen LogP contribution in [0.3, 0.4) is 0 Å². The van der Waals surface area contributed by atoms with Crippen molar-refractivity contribution in [2.24, 2.45) is 0 Å². The lowest BCUT2D eigenvalue weighted by Gasteiger charge is -2.34. The smallest absolute Gasteiger partial charge is 0.426 e. The molecule has 194 valence electrons. The van der Waals surface area contributed by atoms with Crippen LogP contribution >= 0.6 is 0 Å². The van der Waals surface area contributed by atoms with E-state index in [0.29, 0.717) is 10.7 Å². The minimum atomic E-state index is -4.38. The molecule has 2 heterocycles. The molecule has 2 aliphatic rings. The molecule has 0 bridgehead atoms. The number of esters is 1. The minimum absolute atomic E-state index is 0.0760. The molecule has 0 saturated carbocycles. The largest absolute Gasteiger partial charge is 0.458 e. The van der Waals surface area contributed by atoms with Gasteiger partial charge in [-0.3, -0.25) is 0 Å². The first-order chi connectivity index (χ1) is 16.7. The van der Waals surface area contributed by atoms with Crippen molar-refractivity contribution in [1.82, 2.24) is 8.61 Å². The van der Waals surface area contributed by atoms with E-state index in [-0.39, 0.29) is 6.54 Å². The Hall–Kier alpha value is -2.91. The second-order valence-corrected chi connectivity index (χ2v) is 13.2. The van der Waals surface area contributed by atoms with Gasteiger partial charge in [0, 0.05) is 12.0 Å². The van der Waals surface area contributed by atoms with E-state index in [9.17, 15) is 18.0 Å². The number of hydrogen-bond donors (Lipinski definition) is 0. The number of ether oxygens (including phenoxy) is 2. The van der Waals surface area contributed by atoms with Crippen molar-refractivity contribution in [3.05, 3.63) is 71.8 Å². The summed E-state index contributed by atoms with van der Waals surface area (Å²) < 4.78 is 40.7. The van der Waals surface area contributed by atoms with Crippen molar-refractivity contribution in [1.29, 1.82) is 0 Å². The molecule has 2 aromatic rings. The summed E-state index contributed by atoms with van der Waals surface area (Å²) in [6, 6.07) is 17.1. The van der Waals surface area contributed by atoms with Crippen LogP contribution in [-0.2, 0) is 29.9 Å². The summed E-state index contributed by atoms with van der Waals surface area (Å²) in [7, 11) is -4.38. The van der Waals surface area contributed by atoms with Crippen LogP contribution in [0.5, 0.6) is 0 Å². The van der Waals surface area contributed by atoms with Gasteiger partial charge in [-0.2, -0.15) is 17.0 Å². The third kappa shape index (κ3) is 4.74. The molecule has 0 spiro atoms. The SMILES string of the molecule is CC(C)(C)OC(=O)[C@H]1[C@@H]2CC(c3ccccc3)(c3ccccc3)CN2S(=O)(=O)N1C(=O)OC(C)(C)C. The van der Waals surface area contributed by atoms with Gasteiger partial charge < -0.3 is 9.47 Å². The van der Waals surface area contributed by atoms with Crippen LogP contribution in [-0.4, -0.2) is 58.9 Å². The van der Waals surface area contributed by atoms with Crippen molar-refractivity contribution in [3.63, 3.8) is 0 Å². The standard InChI is InChI=1S/C27H34N2O6S/c1-25(2,3)34-23(30)22-21-17-27(19-13-9-7-10-14-19,20-15-11-8-12-16-20)18-28(21)36(32,33)29(22)24(31)35-26(4,5)6/h7-16,21-22H,17-18H2,1-6H3/t21-,22+/m0/s1. The summed E-state index contributed by atoms with van der Waals surface area (Å²) >= 11 is 0. The highest BCUT2D eigenvalue weighted by molar-refractivity contribution is 7.87. The lowest BCUT2D eigenvalue weighted by molar-refractivity contribution is -0.160. The maximum atomic E-state index is 13.9. The summed E-state index contributed by atoms with van der Waals surface area (Å²) in [4.78, 5) is 26.7. The van der Waals surface area contributed by atoms with Gasteiger partial charge in [-0.15, -0.1) is 0 Å². The molecule has 1 amide bonds. The Morgan fingerprint density at radius 1 is 0.833 bits per heavy atom. The van der Waals surface area contributed by atoms with Gasteiger partial charge in [0.2, 0.25) is 0 Å². The first-order valence-electron chi connectivity index (χ1n) is 12.0. The number of carbonyl (C=O) groups excluding carboxylic acids is 2. The third-order valence-electron chi connectivity index (χ3n) is 6.39. The molecule has 0 N–H and O–H groups in total. The van der Waals surface area contributed by atoms with Crippen molar-refractivity contribution >= 4 is 22.3 Å². The Balaban J connectivity index is 1.84. The van der Waals surface area contributed by atoms with E-state index in [1.807, 2.05) is 60.7 Å². The monoisotopic (exact) mass is 514 g/mol. The highest BCUT2D eigenvalue weighted by atomic mass is 32.2. The topological polar surface area (TPSA) is 93.2 Å². The fourth-order valence-corrected chi connectivity index (χ4v) is 6.95. The molecule has 36 heavy (non-hydrogen) atoms. The average molecular weight is 515 g/mol. The highest BCUT2D eigenvalue weighted by Crippen LogP contribution is 2.50. The van der Waals surface area contributed by atoms with Crippen LogP contribution in [0, 0.1) is 0 Å². The van der Waals surface area contributed by atoms with Crippen molar-refractivity contribution in [2.45, 2.75) is 76.7 Å². The Bertz CT molecular complexity index is 1190. The fraction of sp³-hybridized carbons (Fsp3) is 0.481. The zero-order valence-corrected chi connectivity index (χ0v) is 22.4. The molecule has 2 atom stereocenters. The summed E-state index contributed by atoms with van der Waals surface area (Å²) in [6.45, 7) is 10.1. The van der Waals surface area contributed by atoms with Gasteiger partial charge in [0.15, 0.2) is 6.04 Å². The number of rotatable bonds is 3. The van der Waals surface area contributed by atoms with Gasteiger partial charge in [0.25, 0.3) is 0 Å². The molecule has 0 radical (unpaired) electrons. The first-order valence-corrected chi connectivity index (χ1v) is 13.4. The fourth-order valence-electron chi connectivity index (χ4n) is 5.07. The van der Waals surface area contributed by atoms with E-state index in [1.165, 1.54) is 4.31 Å². The summed E-state index contributed by atoms with van der Waals surface area (Å²) in [5.74, 6) is -0.777. The predicted molar refractivity (Wildman–Crippen MR) is 135 cm³/mol. The van der Waals surface area contributed by atoms with E-state index in [2.05, 4.69) is 0 Å². The zero-order chi connectivity index (χ0) is 26.5. The summed E-state index contributed by atoms with van der Waals surface area (Å²) in [5, 5.41) is 0. The molecule has 8 nitrogen and oxygen atoms in total. The molecule has 4 rings (SSSR count). The normalized spacial score (nSPS) is 23.2. The van der Waals surface area contributed by atoms with E-state index < -0.39 is 51.0 Å². The van der Waals surface area contributed by atoms with Crippen molar-refractivity contribution in [2.75, 3.05) is 6.54 Å². The maximum Gasteiger partial charge on any atom is 0.426 e. The number of carbonyl (C=O) groups is 2. The summed E-state index contributed by atoms with van der Waals surface area (Å²) in [5.41, 5.74) is -0.654. The number of hydrogen-bond acceptors (Lipinski definition) is 6. The number of benzene rings is 2. The van der Waals surface area contributed by atoms with Gasteiger partial charge in [-0.25, -0.2) is 9.59 Å². The Morgan fingerprint density at radius 2 is 1.31 bits per heavy atom. The van der Waals surface area contributed by atoms with Gasteiger partial charge in [-0.05, 0) is 59.1 Å². The van der Waals surface area contributed by atoms with Gasteiger partial charge in [-0.1, -0.05) is 60.7 Å². The minimum Gasteiger partial charge on any atom is -0.458 e. The Kier molecular flexibility index (Phi) is 6.46. The molecular formula is C27H34N2O6S. The quantitative estimate of drug-likeness (QED) is 0.569. The predicted octanol–water partition coefficient (Wildman–Crippen LogP) is 4.25. The van der Waals surface area contributed by atoms with Gasteiger partial charge >= 0.3 is 22.3 Å². The molecule has 0 aromatic heterocycles. The molecule has 2 saturated heterocycles. The number of nitrogens with zero attached hydrogens (tertiary/aromatic N) is 2. The Labute approximate surface area is 213 Å². The lowest BCUT2D eigenvalue weighted by atomic mass is 9.72. The van der Waals surface area contributed by atoms with Crippen LogP contribution in [0.2, 0.25) is 0 Å². The van der Waals surface area contributed by atoms with E-state index in [4.69, 9.17) is 9.47 Å². The second kappa shape index (κ2) is 8.88. The first kappa shape index (κ1) is 26.2. The highest BCUT2D eigenvalue weighted by Gasteiger charge is 2.65. The average Bonchev–Trinajstić information content (AvgIpc) is 3.27. The van der Waals surface area contributed by atoms with Crippen LogP contribution in [0.15, 0.2) is 60.7 Å². The third-order valence-corrected chi connectivity index (χ3v) is 8.26. The van der Waals surface area contributed by atoms with Crippen molar-refractivity contribution in [3.8, 4) is 0 Å². The lowest BCUT2D eigenvalue weighted by Crippen LogP contribution is -2.51. The number of fused-ring (bicyclic) bond motifs is 1. The maximum absolute atomic E-state index is 13.9. The van der Waals surface area contributed by atoms with Gasteiger partial charge in [0.1, 0.15) is 11.2 Å². The van der Waals surface area contributed by atoms with Crippen LogP contribution < -0.4 is 0 Å². The molecule has 2 fully saturated rings. The van der Waals surface area contributed by atoms with Crippen LogP contribution in [0.4, 0.5) is 4.79 Å². The molecular weight excluding hydrogens is 480 g/mol. The molecule has 0 unspecified atom stereocenters. The molecule has 2 aliphatic heterocycles. The van der Waals surface area contributed by atoms with Crippen molar-refractivity contribution < 1.29 is 27.5 Å².